The van der Waals surface area contributed by atoms with Crippen LogP contribution in [0.2, 0.25) is 0 Å². The second kappa shape index (κ2) is 5.80. The summed E-state index contributed by atoms with van der Waals surface area (Å²) in [5.41, 5.74) is 0. The normalized spacial score (nSPS) is 14.6. The van der Waals surface area contributed by atoms with E-state index in [2.05, 4.69) is 20.7 Å². The van der Waals surface area contributed by atoms with E-state index in [0.717, 1.165) is 14.2 Å². The van der Waals surface area contributed by atoms with Crippen molar-refractivity contribution in [1.29, 1.82) is 0 Å². The van der Waals surface area contributed by atoms with Crippen LogP contribution in [0.3, 0.4) is 0 Å². The third kappa shape index (κ3) is 2.84. The van der Waals surface area contributed by atoms with Crippen LogP contribution < -0.4 is 0 Å². The number of esters is 1. The Morgan fingerprint density at radius 1 is 1.69 bits per heavy atom. The first kappa shape index (κ1) is 13.7. The van der Waals surface area contributed by atoms with Crippen molar-refractivity contribution in [3.8, 4) is 0 Å². The molecule has 0 saturated heterocycles. The van der Waals surface area contributed by atoms with E-state index in [-0.39, 0.29) is 5.97 Å². The van der Waals surface area contributed by atoms with Crippen LogP contribution in [0.15, 0.2) is 10.5 Å². The van der Waals surface area contributed by atoms with Crippen molar-refractivity contribution >= 4 is 33.2 Å². The lowest BCUT2D eigenvalue weighted by atomic mass is 9.98. The van der Waals surface area contributed by atoms with E-state index < -0.39 is 12.0 Å². The molecule has 0 radical (unpaired) electrons. The van der Waals surface area contributed by atoms with Crippen molar-refractivity contribution < 1.29 is 14.6 Å². The van der Waals surface area contributed by atoms with Gasteiger partial charge in [0.05, 0.1) is 13.0 Å². The molecule has 16 heavy (non-hydrogen) atoms. The largest absolute Gasteiger partial charge is 0.469 e. The maximum Gasteiger partial charge on any atom is 0.311 e. The molecule has 0 aliphatic carbocycles. The summed E-state index contributed by atoms with van der Waals surface area (Å²) >= 11 is 4.88. The average molecular weight is 307 g/mol. The van der Waals surface area contributed by atoms with E-state index in [0.29, 0.717) is 6.42 Å². The molecule has 0 spiro atoms. The Bertz CT molecular complexity index is 356. The Balaban J connectivity index is 2.90. The summed E-state index contributed by atoms with van der Waals surface area (Å²) < 4.78 is 5.64. The molecule has 1 aromatic rings. The fourth-order valence-electron chi connectivity index (χ4n) is 1.50. The first-order valence-corrected chi connectivity index (χ1v) is 6.63. The minimum absolute atomic E-state index is 0.364. The molecule has 0 aliphatic heterocycles. The molecule has 1 aromatic heterocycles. The van der Waals surface area contributed by atoms with Crippen molar-refractivity contribution in [2.75, 3.05) is 7.11 Å². The van der Waals surface area contributed by atoms with E-state index >= 15 is 0 Å². The molecule has 2 atom stereocenters. The van der Waals surface area contributed by atoms with E-state index in [9.17, 15) is 9.90 Å². The van der Waals surface area contributed by atoms with E-state index in [1.807, 2.05) is 19.9 Å². The fourth-order valence-corrected chi connectivity index (χ4v) is 3.11. The summed E-state index contributed by atoms with van der Waals surface area (Å²) in [4.78, 5) is 13.3. The van der Waals surface area contributed by atoms with E-state index in [1.54, 1.807) is 0 Å². The third-order valence-corrected chi connectivity index (χ3v) is 4.70. The van der Waals surface area contributed by atoms with E-state index in [4.69, 9.17) is 0 Å². The molecule has 0 bridgehead atoms. The summed E-state index contributed by atoms with van der Waals surface area (Å²) in [5, 5.41) is 10.1. The molecule has 1 rings (SSSR count). The molecule has 1 N–H and O–H groups in total. The van der Waals surface area contributed by atoms with Gasteiger partial charge >= 0.3 is 5.97 Å². The molecule has 0 fully saturated rings. The van der Waals surface area contributed by atoms with Gasteiger partial charge in [0.15, 0.2) is 0 Å². The van der Waals surface area contributed by atoms with Gasteiger partial charge in [0.2, 0.25) is 0 Å². The van der Waals surface area contributed by atoms with Crippen molar-refractivity contribution in [3.63, 3.8) is 0 Å². The van der Waals surface area contributed by atoms with E-state index in [1.165, 1.54) is 18.4 Å². The van der Waals surface area contributed by atoms with Gasteiger partial charge in [-0.1, -0.05) is 6.92 Å². The maximum absolute atomic E-state index is 11.5. The zero-order valence-electron chi connectivity index (χ0n) is 9.49. The van der Waals surface area contributed by atoms with Crippen LogP contribution >= 0.6 is 27.3 Å². The molecular weight excluding hydrogens is 292 g/mol. The minimum Gasteiger partial charge on any atom is -0.469 e. The Kier molecular flexibility index (Phi) is 4.95. The first-order chi connectivity index (χ1) is 7.51. The summed E-state index contributed by atoms with van der Waals surface area (Å²) in [6.07, 6.45) is -0.227. The molecule has 3 nitrogen and oxygen atoms in total. The van der Waals surface area contributed by atoms with Crippen molar-refractivity contribution in [1.82, 2.24) is 0 Å². The standard InChI is InChI=1S/C11H15BrO3S/c1-4-7(11(14)15-3)10(13)9-5-8(12)6(2)16-9/h5,7,10,13H,4H2,1-3H3. The van der Waals surface area contributed by atoms with Gasteiger partial charge in [0.25, 0.3) is 0 Å². The van der Waals surface area contributed by atoms with Gasteiger partial charge in [0.1, 0.15) is 6.10 Å². The highest BCUT2D eigenvalue weighted by Crippen LogP contribution is 2.35. The second-order valence-electron chi connectivity index (χ2n) is 3.54. The van der Waals surface area contributed by atoms with Crippen molar-refractivity contribution in [2.45, 2.75) is 26.4 Å². The van der Waals surface area contributed by atoms with Gasteiger partial charge < -0.3 is 9.84 Å². The van der Waals surface area contributed by atoms with Crippen LogP contribution in [0.25, 0.3) is 0 Å². The molecule has 0 amide bonds. The Labute approximate surface area is 108 Å². The summed E-state index contributed by atoms with van der Waals surface area (Å²) in [6, 6.07) is 1.86. The molecule has 90 valence electrons. The quantitative estimate of drug-likeness (QED) is 0.870. The number of aliphatic hydroxyl groups excluding tert-OH is 1. The number of hydrogen-bond acceptors (Lipinski definition) is 4. The fraction of sp³-hybridized carbons (Fsp3) is 0.545. The van der Waals surface area contributed by atoms with Crippen LogP contribution in [0.1, 0.15) is 29.2 Å². The number of carbonyl (C=O) groups is 1. The number of hydrogen-bond donors (Lipinski definition) is 1. The lowest BCUT2D eigenvalue weighted by Crippen LogP contribution is -2.22. The lowest BCUT2D eigenvalue weighted by Gasteiger charge is -2.17. The molecule has 0 aromatic carbocycles. The number of methoxy groups -OCH3 is 1. The highest BCUT2D eigenvalue weighted by atomic mass is 79.9. The summed E-state index contributed by atoms with van der Waals surface area (Å²) in [7, 11) is 1.34. The van der Waals surface area contributed by atoms with Gasteiger partial charge in [-0.25, -0.2) is 0 Å². The zero-order valence-corrected chi connectivity index (χ0v) is 11.9. The number of aliphatic hydroxyl groups is 1. The first-order valence-electron chi connectivity index (χ1n) is 5.03. The molecule has 0 saturated carbocycles. The van der Waals surface area contributed by atoms with Crippen LogP contribution in [-0.2, 0) is 9.53 Å². The van der Waals surface area contributed by atoms with Crippen molar-refractivity contribution in [3.05, 3.63) is 20.3 Å². The molecule has 2 unspecified atom stereocenters. The van der Waals surface area contributed by atoms with Crippen LogP contribution in [-0.4, -0.2) is 18.2 Å². The number of ether oxygens (including phenoxy) is 1. The lowest BCUT2D eigenvalue weighted by molar-refractivity contribution is -0.149. The monoisotopic (exact) mass is 306 g/mol. The van der Waals surface area contributed by atoms with Crippen molar-refractivity contribution in [2.24, 2.45) is 5.92 Å². The summed E-state index contributed by atoms with van der Waals surface area (Å²) in [6.45, 7) is 3.82. The van der Waals surface area contributed by atoms with Gasteiger partial charge in [-0.15, -0.1) is 11.3 Å². The molecule has 5 heteroatoms. The molecule has 0 aliphatic rings. The highest BCUT2D eigenvalue weighted by Gasteiger charge is 2.28. The molecular formula is C11H15BrO3S. The Morgan fingerprint density at radius 2 is 2.31 bits per heavy atom. The average Bonchev–Trinajstić information content (AvgIpc) is 2.59. The summed E-state index contributed by atoms with van der Waals surface area (Å²) in [5.74, 6) is -0.855. The third-order valence-electron chi connectivity index (χ3n) is 2.49. The van der Waals surface area contributed by atoms with Crippen LogP contribution in [0.4, 0.5) is 0 Å². The predicted molar refractivity (Wildman–Crippen MR) is 67.5 cm³/mol. The number of rotatable bonds is 4. The number of aryl methyl sites for hydroxylation is 1. The van der Waals surface area contributed by atoms with Crippen LogP contribution in [0, 0.1) is 12.8 Å². The van der Waals surface area contributed by atoms with Gasteiger partial charge in [0, 0.05) is 14.2 Å². The highest BCUT2D eigenvalue weighted by molar-refractivity contribution is 9.10. The van der Waals surface area contributed by atoms with Gasteiger partial charge in [-0.2, -0.15) is 0 Å². The van der Waals surface area contributed by atoms with Gasteiger partial charge in [-0.3, -0.25) is 4.79 Å². The second-order valence-corrected chi connectivity index (χ2v) is 5.68. The predicted octanol–water partition coefficient (Wildman–Crippen LogP) is 3.05. The smallest absolute Gasteiger partial charge is 0.311 e. The zero-order chi connectivity index (χ0) is 12.3. The van der Waals surface area contributed by atoms with Gasteiger partial charge in [-0.05, 0) is 35.3 Å². The number of thiophene rings is 1. The topological polar surface area (TPSA) is 46.5 Å². The maximum atomic E-state index is 11.5. The number of halogens is 1. The Morgan fingerprint density at radius 3 is 2.69 bits per heavy atom. The molecule has 1 heterocycles. The van der Waals surface area contributed by atoms with Crippen LogP contribution in [0.5, 0.6) is 0 Å². The number of carbonyl (C=O) groups excluding carboxylic acids is 1. The SMILES string of the molecule is CCC(C(=O)OC)C(O)c1cc(Br)c(C)s1. The minimum atomic E-state index is -0.785. The Hall–Kier alpha value is -0.390.